The van der Waals surface area contributed by atoms with Crippen LogP contribution in [0.25, 0.3) is 6.08 Å². The largest absolute Gasteiger partial charge is 0.487 e. The Morgan fingerprint density at radius 1 is 1.02 bits per heavy atom. The van der Waals surface area contributed by atoms with Crippen LogP contribution in [0, 0.1) is 11.8 Å². The standard InChI is InChI=1S/C31H42N4O5/c1-7-20(4)26(35(5)6)31(39)34-25-28(19(2)3)40-23-15-13-21(14-16-23)17-18-32-29(37)24(33-30(25)38)27(36)22-11-9-8-10-12-22/h8-20,24-28,36H,7H2,1-6H3,(H,32,37)(H,33,38)(H,34,39)/b18-17-. The molecule has 9 nitrogen and oxygen atoms in total. The topological polar surface area (TPSA) is 120 Å². The number of fused-ring (bicyclic) bond motifs is 10. The molecule has 40 heavy (non-hydrogen) atoms. The summed E-state index contributed by atoms with van der Waals surface area (Å²) >= 11 is 0. The van der Waals surface area contributed by atoms with Crippen LogP contribution in [0.4, 0.5) is 0 Å². The number of aliphatic hydroxyl groups excluding tert-OH is 1. The van der Waals surface area contributed by atoms with Crippen molar-refractivity contribution in [2.24, 2.45) is 11.8 Å². The van der Waals surface area contributed by atoms with Crippen LogP contribution in [-0.4, -0.2) is 66.1 Å². The maximum absolute atomic E-state index is 14.0. The van der Waals surface area contributed by atoms with Crippen molar-refractivity contribution in [1.82, 2.24) is 20.9 Å². The van der Waals surface area contributed by atoms with E-state index in [4.69, 9.17) is 4.74 Å². The molecule has 4 rings (SSSR count). The highest BCUT2D eigenvalue weighted by atomic mass is 16.5. The fourth-order valence-corrected chi connectivity index (χ4v) is 4.85. The summed E-state index contributed by atoms with van der Waals surface area (Å²) in [5.74, 6) is -1.20. The lowest BCUT2D eigenvalue weighted by atomic mass is 9.94. The molecule has 0 saturated carbocycles. The van der Waals surface area contributed by atoms with Crippen molar-refractivity contribution in [2.75, 3.05) is 14.1 Å². The van der Waals surface area contributed by atoms with E-state index in [9.17, 15) is 19.5 Å². The highest BCUT2D eigenvalue weighted by Crippen LogP contribution is 2.23. The molecule has 3 amide bonds. The maximum atomic E-state index is 14.0. The van der Waals surface area contributed by atoms with Crippen LogP contribution in [0.1, 0.15) is 51.3 Å². The van der Waals surface area contributed by atoms with E-state index >= 15 is 0 Å². The van der Waals surface area contributed by atoms with Crippen molar-refractivity contribution in [3.63, 3.8) is 0 Å². The zero-order valence-electron chi connectivity index (χ0n) is 24.1. The van der Waals surface area contributed by atoms with Crippen molar-refractivity contribution in [3.8, 4) is 5.75 Å². The Hall–Kier alpha value is -3.69. The highest BCUT2D eigenvalue weighted by Gasteiger charge is 2.40. The molecule has 2 bridgehead atoms. The molecule has 0 saturated heterocycles. The summed E-state index contributed by atoms with van der Waals surface area (Å²) in [4.78, 5) is 42.8. The number of hydrogen-bond donors (Lipinski definition) is 4. The summed E-state index contributed by atoms with van der Waals surface area (Å²) < 4.78 is 6.32. The quantitative estimate of drug-likeness (QED) is 0.401. The summed E-state index contributed by atoms with van der Waals surface area (Å²) in [7, 11) is 3.65. The summed E-state index contributed by atoms with van der Waals surface area (Å²) in [5, 5.41) is 19.5. The van der Waals surface area contributed by atoms with Gasteiger partial charge in [0.2, 0.25) is 17.7 Å². The molecular formula is C31H42N4O5. The molecule has 0 spiro atoms. The van der Waals surface area contributed by atoms with Gasteiger partial charge in [-0.3, -0.25) is 19.3 Å². The Bertz CT molecular complexity index is 1170. The zero-order valence-corrected chi connectivity index (χ0v) is 24.1. The third-order valence-corrected chi connectivity index (χ3v) is 7.26. The first-order valence-electron chi connectivity index (χ1n) is 13.8. The second kappa shape index (κ2) is 14.1. The monoisotopic (exact) mass is 550 g/mol. The summed E-state index contributed by atoms with van der Waals surface area (Å²) in [6, 6.07) is 12.9. The molecule has 2 aliphatic rings. The predicted molar refractivity (Wildman–Crippen MR) is 155 cm³/mol. The van der Waals surface area contributed by atoms with Crippen LogP contribution in [0.15, 0.2) is 60.8 Å². The molecule has 2 aromatic carbocycles. The fraction of sp³-hybridized carbons (Fsp3) is 0.452. The Morgan fingerprint density at radius 3 is 2.25 bits per heavy atom. The van der Waals surface area contributed by atoms with Crippen molar-refractivity contribution < 1.29 is 24.2 Å². The molecule has 0 fully saturated rings. The van der Waals surface area contributed by atoms with Gasteiger partial charge in [-0.05, 0) is 55.3 Å². The van der Waals surface area contributed by atoms with E-state index in [2.05, 4.69) is 16.0 Å². The number of hydrogen-bond acceptors (Lipinski definition) is 6. The van der Waals surface area contributed by atoms with Gasteiger partial charge in [0.05, 0.1) is 6.04 Å². The van der Waals surface area contributed by atoms with Gasteiger partial charge in [-0.15, -0.1) is 0 Å². The second-order valence-electron chi connectivity index (χ2n) is 10.9. The Balaban J connectivity index is 2.07. The van der Waals surface area contributed by atoms with Crippen LogP contribution in [0.3, 0.4) is 0 Å². The molecule has 6 unspecified atom stereocenters. The SMILES string of the molecule is CCC(C)C(C(=O)NC1C(=O)NC(C(O)c2ccccc2)C(=O)N/C=C\c2ccc(cc2)OC1C(C)C)N(C)C. The molecule has 4 N–H and O–H groups in total. The lowest BCUT2D eigenvalue weighted by molar-refractivity contribution is -0.138. The highest BCUT2D eigenvalue weighted by molar-refractivity contribution is 5.94. The van der Waals surface area contributed by atoms with Crippen LogP contribution < -0.4 is 20.7 Å². The summed E-state index contributed by atoms with van der Waals surface area (Å²) in [6.07, 6.45) is 1.83. The predicted octanol–water partition coefficient (Wildman–Crippen LogP) is 2.87. The van der Waals surface area contributed by atoms with Gasteiger partial charge in [-0.1, -0.05) is 76.6 Å². The zero-order chi connectivity index (χ0) is 29.4. The van der Waals surface area contributed by atoms with Crippen molar-refractivity contribution >= 4 is 23.8 Å². The van der Waals surface area contributed by atoms with Gasteiger partial charge >= 0.3 is 0 Å². The summed E-state index contributed by atoms with van der Waals surface area (Å²) in [6.45, 7) is 7.80. The lowest BCUT2D eigenvalue weighted by Crippen LogP contribution is -2.62. The van der Waals surface area contributed by atoms with E-state index in [0.717, 1.165) is 12.0 Å². The molecule has 2 heterocycles. The Labute approximate surface area is 237 Å². The van der Waals surface area contributed by atoms with Gasteiger partial charge in [0.15, 0.2) is 0 Å². The number of rotatable bonds is 8. The number of benzene rings is 2. The van der Waals surface area contributed by atoms with E-state index in [1.54, 1.807) is 48.5 Å². The minimum atomic E-state index is -1.34. The van der Waals surface area contributed by atoms with Gasteiger partial charge < -0.3 is 25.8 Å². The molecule has 6 atom stereocenters. The minimum Gasteiger partial charge on any atom is -0.487 e. The smallest absolute Gasteiger partial charge is 0.249 e. The molecule has 9 heteroatoms. The number of likely N-dealkylation sites (N-methyl/N-ethyl adjacent to an activating group) is 1. The third-order valence-electron chi connectivity index (χ3n) is 7.26. The number of carbonyl (C=O) groups excluding carboxylic acids is 3. The third kappa shape index (κ3) is 7.70. The first-order valence-corrected chi connectivity index (χ1v) is 13.8. The normalized spacial score (nSPS) is 22.9. The van der Waals surface area contributed by atoms with E-state index < -0.39 is 42.1 Å². The number of amides is 3. The lowest BCUT2D eigenvalue weighted by Gasteiger charge is -2.35. The summed E-state index contributed by atoms with van der Waals surface area (Å²) in [5.41, 5.74) is 1.28. The van der Waals surface area contributed by atoms with Crippen LogP contribution >= 0.6 is 0 Å². The number of carbonyl (C=O) groups is 3. The molecule has 216 valence electrons. The number of nitrogens with one attached hydrogen (secondary N) is 3. The van der Waals surface area contributed by atoms with E-state index in [1.807, 2.05) is 58.8 Å². The van der Waals surface area contributed by atoms with Crippen molar-refractivity contribution in [3.05, 3.63) is 71.9 Å². The maximum Gasteiger partial charge on any atom is 0.249 e. The number of nitrogens with zero attached hydrogens (tertiary/aromatic N) is 1. The molecule has 0 aliphatic carbocycles. The Kier molecular flexibility index (Phi) is 10.9. The van der Waals surface area contributed by atoms with Gasteiger partial charge in [-0.2, -0.15) is 0 Å². The van der Waals surface area contributed by atoms with Gasteiger partial charge in [0.25, 0.3) is 0 Å². The molecular weight excluding hydrogens is 508 g/mol. The van der Waals surface area contributed by atoms with E-state index in [0.29, 0.717) is 11.3 Å². The molecule has 2 aromatic rings. The molecule has 0 aromatic heterocycles. The van der Waals surface area contributed by atoms with Gasteiger partial charge in [0, 0.05) is 6.20 Å². The van der Waals surface area contributed by atoms with Crippen LogP contribution in [0.5, 0.6) is 5.75 Å². The van der Waals surface area contributed by atoms with E-state index in [1.165, 1.54) is 6.20 Å². The first-order chi connectivity index (χ1) is 19.0. The van der Waals surface area contributed by atoms with E-state index in [-0.39, 0.29) is 17.7 Å². The van der Waals surface area contributed by atoms with Gasteiger partial charge in [0.1, 0.15) is 30.0 Å². The van der Waals surface area contributed by atoms with Gasteiger partial charge in [-0.25, -0.2) is 0 Å². The number of ether oxygens (including phenoxy) is 1. The molecule has 0 radical (unpaired) electrons. The van der Waals surface area contributed by atoms with Crippen LogP contribution in [-0.2, 0) is 14.4 Å². The first kappa shape index (κ1) is 30.8. The average molecular weight is 551 g/mol. The van der Waals surface area contributed by atoms with Crippen molar-refractivity contribution in [1.29, 1.82) is 0 Å². The number of aliphatic hydroxyl groups is 1. The Morgan fingerprint density at radius 2 is 1.68 bits per heavy atom. The van der Waals surface area contributed by atoms with Crippen molar-refractivity contribution in [2.45, 2.75) is 64.4 Å². The minimum absolute atomic E-state index is 0.0211. The van der Waals surface area contributed by atoms with Crippen LogP contribution in [0.2, 0.25) is 0 Å². The average Bonchev–Trinajstić information content (AvgIpc) is 2.93. The second-order valence-corrected chi connectivity index (χ2v) is 10.9. The fourth-order valence-electron chi connectivity index (χ4n) is 4.85. The molecule has 2 aliphatic heterocycles.